The molecule has 0 aliphatic heterocycles. The summed E-state index contributed by atoms with van der Waals surface area (Å²) in [7, 11) is 0. The molecule has 3 atom stereocenters. The van der Waals surface area contributed by atoms with Gasteiger partial charge >= 0.3 is 5.97 Å². The molecule has 0 bridgehead atoms. The number of hydrogen-bond acceptors (Lipinski definition) is 4. The van der Waals surface area contributed by atoms with Crippen LogP contribution in [0.25, 0.3) is 0 Å². The molecule has 3 aliphatic rings. The SMILES string of the molecule is C[C@H]1CCc2c(sc(NC(=O)[C@@H]3CC=CC[C@@H]3C(=O)O)c2C(=O)NC2CCCC2)C1. The first-order chi connectivity index (χ1) is 14.4. The Morgan fingerprint density at radius 3 is 2.47 bits per heavy atom. The Morgan fingerprint density at radius 2 is 1.77 bits per heavy atom. The van der Waals surface area contributed by atoms with Gasteiger partial charge in [-0.05, 0) is 56.4 Å². The Bertz CT molecular complexity index is 869. The van der Waals surface area contributed by atoms with E-state index in [0.29, 0.717) is 29.3 Å². The average Bonchev–Trinajstić information content (AvgIpc) is 3.34. The van der Waals surface area contributed by atoms with E-state index in [1.807, 2.05) is 12.2 Å². The summed E-state index contributed by atoms with van der Waals surface area (Å²) < 4.78 is 0. The second-order valence-electron chi connectivity index (χ2n) is 8.99. The zero-order valence-electron chi connectivity index (χ0n) is 17.4. The van der Waals surface area contributed by atoms with Crippen molar-refractivity contribution in [2.45, 2.75) is 70.8 Å². The van der Waals surface area contributed by atoms with Crippen molar-refractivity contribution in [3.05, 3.63) is 28.2 Å². The number of amides is 2. The maximum absolute atomic E-state index is 13.2. The molecule has 0 radical (unpaired) electrons. The Kier molecular flexibility index (Phi) is 6.27. The van der Waals surface area contributed by atoms with Gasteiger partial charge in [-0.15, -0.1) is 11.3 Å². The van der Waals surface area contributed by atoms with Gasteiger partial charge in [0.2, 0.25) is 5.91 Å². The molecule has 1 heterocycles. The van der Waals surface area contributed by atoms with Crippen LogP contribution in [-0.4, -0.2) is 28.9 Å². The van der Waals surface area contributed by atoms with E-state index in [2.05, 4.69) is 17.6 Å². The minimum Gasteiger partial charge on any atom is -0.481 e. The summed E-state index contributed by atoms with van der Waals surface area (Å²) in [6, 6.07) is 0.207. The summed E-state index contributed by atoms with van der Waals surface area (Å²) >= 11 is 1.50. The smallest absolute Gasteiger partial charge is 0.307 e. The molecule has 30 heavy (non-hydrogen) atoms. The zero-order valence-corrected chi connectivity index (χ0v) is 18.2. The molecule has 3 N–H and O–H groups in total. The van der Waals surface area contributed by atoms with Crippen LogP contribution < -0.4 is 10.6 Å². The van der Waals surface area contributed by atoms with Crippen molar-refractivity contribution in [2.75, 3.05) is 5.32 Å². The summed E-state index contributed by atoms with van der Waals surface area (Å²) in [5, 5.41) is 16.2. The van der Waals surface area contributed by atoms with Crippen LogP contribution in [0.15, 0.2) is 12.2 Å². The lowest BCUT2D eigenvalue weighted by molar-refractivity contribution is -0.146. The molecule has 7 heteroatoms. The molecule has 0 spiro atoms. The normalized spacial score (nSPS) is 26.2. The van der Waals surface area contributed by atoms with Crippen molar-refractivity contribution < 1.29 is 19.5 Å². The van der Waals surface area contributed by atoms with E-state index in [9.17, 15) is 19.5 Å². The van der Waals surface area contributed by atoms with Gasteiger partial charge in [-0.2, -0.15) is 0 Å². The van der Waals surface area contributed by atoms with Crippen LogP contribution in [0.1, 0.15) is 72.7 Å². The highest BCUT2D eigenvalue weighted by atomic mass is 32.1. The van der Waals surface area contributed by atoms with Crippen molar-refractivity contribution in [3.8, 4) is 0 Å². The molecule has 1 fully saturated rings. The third kappa shape index (κ3) is 4.31. The molecule has 2 amide bonds. The van der Waals surface area contributed by atoms with Crippen molar-refractivity contribution in [1.82, 2.24) is 5.32 Å². The highest BCUT2D eigenvalue weighted by Crippen LogP contribution is 2.40. The number of fused-ring (bicyclic) bond motifs is 1. The quantitative estimate of drug-likeness (QED) is 0.612. The average molecular weight is 431 g/mol. The predicted octanol–water partition coefficient (Wildman–Crippen LogP) is 4.15. The lowest BCUT2D eigenvalue weighted by Gasteiger charge is -2.24. The standard InChI is InChI=1S/C23H30N2O4S/c1-13-10-11-17-18(12-13)30-22(19(17)21(27)24-14-6-2-3-7-14)25-20(26)15-8-4-5-9-16(15)23(28)29/h4-5,13-16H,2-3,6-12H2,1H3,(H,24,27)(H,25,26)(H,28,29)/t13-,15+,16-/m0/s1. The molecule has 0 unspecified atom stereocenters. The lowest BCUT2D eigenvalue weighted by atomic mass is 9.82. The van der Waals surface area contributed by atoms with Gasteiger partial charge in [0.05, 0.1) is 17.4 Å². The second kappa shape index (κ2) is 8.92. The maximum atomic E-state index is 13.2. The number of carbonyl (C=O) groups excluding carboxylic acids is 2. The fraction of sp³-hybridized carbons (Fsp3) is 0.609. The molecule has 3 aliphatic carbocycles. The zero-order chi connectivity index (χ0) is 21.3. The van der Waals surface area contributed by atoms with Gasteiger partial charge in [0.15, 0.2) is 0 Å². The Morgan fingerprint density at radius 1 is 1.07 bits per heavy atom. The van der Waals surface area contributed by atoms with Gasteiger partial charge in [0.25, 0.3) is 5.91 Å². The number of hydrogen-bond donors (Lipinski definition) is 3. The van der Waals surface area contributed by atoms with Gasteiger partial charge in [-0.1, -0.05) is 31.9 Å². The topological polar surface area (TPSA) is 95.5 Å². The van der Waals surface area contributed by atoms with Crippen LogP contribution in [-0.2, 0) is 22.4 Å². The first-order valence-electron chi connectivity index (χ1n) is 11.1. The molecule has 6 nitrogen and oxygen atoms in total. The largest absolute Gasteiger partial charge is 0.481 e. The third-order valence-electron chi connectivity index (χ3n) is 6.75. The van der Waals surface area contributed by atoms with Gasteiger partial charge in [-0.3, -0.25) is 14.4 Å². The van der Waals surface area contributed by atoms with Crippen LogP contribution in [0.2, 0.25) is 0 Å². The van der Waals surface area contributed by atoms with Crippen LogP contribution in [0.4, 0.5) is 5.00 Å². The number of nitrogens with one attached hydrogen (secondary N) is 2. The van der Waals surface area contributed by atoms with E-state index in [4.69, 9.17) is 0 Å². The van der Waals surface area contributed by atoms with Gasteiger partial charge in [0, 0.05) is 10.9 Å². The maximum Gasteiger partial charge on any atom is 0.307 e. The highest BCUT2D eigenvalue weighted by molar-refractivity contribution is 7.17. The molecule has 162 valence electrons. The van der Waals surface area contributed by atoms with E-state index in [0.717, 1.165) is 50.5 Å². The van der Waals surface area contributed by atoms with E-state index < -0.39 is 17.8 Å². The van der Waals surface area contributed by atoms with E-state index >= 15 is 0 Å². The van der Waals surface area contributed by atoms with Crippen molar-refractivity contribution in [3.63, 3.8) is 0 Å². The molecule has 0 aromatic carbocycles. The number of aliphatic carboxylic acids is 1. The number of carboxylic acid groups (broad SMARTS) is 1. The van der Waals surface area contributed by atoms with Crippen LogP contribution in [0, 0.1) is 17.8 Å². The summed E-state index contributed by atoms with van der Waals surface area (Å²) in [5.74, 6) is -2.11. The number of carbonyl (C=O) groups is 3. The Balaban J connectivity index is 1.60. The fourth-order valence-corrected chi connectivity index (χ4v) is 6.40. The number of thiophene rings is 1. The van der Waals surface area contributed by atoms with Crippen LogP contribution >= 0.6 is 11.3 Å². The van der Waals surface area contributed by atoms with Crippen molar-refractivity contribution in [1.29, 1.82) is 0 Å². The minimum absolute atomic E-state index is 0.0948. The molecular formula is C23H30N2O4S. The fourth-order valence-electron chi connectivity index (χ4n) is 4.99. The van der Waals surface area contributed by atoms with E-state index in [1.165, 1.54) is 16.2 Å². The Hall–Kier alpha value is -2.15. The monoisotopic (exact) mass is 430 g/mol. The number of carboxylic acids is 1. The highest BCUT2D eigenvalue weighted by Gasteiger charge is 2.36. The molecule has 1 aromatic heterocycles. The second-order valence-corrected chi connectivity index (χ2v) is 10.1. The lowest BCUT2D eigenvalue weighted by Crippen LogP contribution is -2.36. The summed E-state index contributed by atoms with van der Waals surface area (Å²) in [6.07, 6.45) is 11.6. The predicted molar refractivity (Wildman–Crippen MR) is 117 cm³/mol. The van der Waals surface area contributed by atoms with E-state index in [-0.39, 0.29) is 17.9 Å². The molecular weight excluding hydrogens is 400 g/mol. The number of rotatable bonds is 5. The minimum atomic E-state index is -0.946. The summed E-state index contributed by atoms with van der Waals surface area (Å²) in [6.45, 7) is 2.21. The van der Waals surface area contributed by atoms with Crippen LogP contribution in [0.3, 0.4) is 0 Å². The van der Waals surface area contributed by atoms with Crippen molar-refractivity contribution in [2.24, 2.45) is 17.8 Å². The Labute approximate surface area is 181 Å². The first-order valence-corrected chi connectivity index (χ1v) is 11.9. The molecule has 0 saturated heterocycles. The van der Waals surface area contributed by atoms with Gasteiger partial charge in [-0.25, -0.2) is 0 Å². The van der Waals surface area contributed by atoms with E-state index in [1.54, 1.807) is 0 Å². The molecule has 4 rings (SSSR count). The third-order valence-corrected chi connectivity index (χ3v) is 7.92. The molecule has 1 saturated carbocycles. The summed E-state index contributed by atoms with van der Waals surface area (Å²) in [4.78, 5) is 39.0. The number of allylic oxidation sites excluding steroid dienone is 2. The van der Waals surface area contributed by atoms with Gasteiger partial charge < -0.3 is 15.7 Å². The molecule has 1 aromatic rings. The summed E-state index contributed by atoms with van der Waals surface area (Å²) in [5.41, 5.74) is 1.68. The van der Waals surface area contributed by atoms with Gasteiger partial charge in [0.1, 0.15) is 5.00 Å². The first kappa shape index (κ1) is 21.1. The number of anilines is 1. The van der Waals surface area contributed by atoms with Crippen LogP contribution in [0.5, 0.6) is 0 Å². The van der Waals surface area contributed by atoms with Crippen molar-refractivity contribution >= 4 is 34.1 Å².